The Morgan fingerprint density at radius 2 is 2.12 bits per heavy atom. The minimum absolute atomic E-state index is 0.344. The van der Waals surface area contributed by atoms with E-state index in [1.54, 1.807) is 0 Å². The van der Waals surface area contributed by atoms with Crippen LogP contribution in [0.25, 0.3) is 0 Å². The summed E-state index contributed by atoms with van der Waals surface area (Å²) in [7, 11) is 0. The molecule has 0 aliphatic carbocycles. The van der Waals surface area contributed by atoms with Crippen LogP contribution in [0.5, 0.6) is 0 Å². The Labute approximate surface area is 99.3 Å². The van der Waals surface area contributed by atoms with Crippen molar-refractivity contribution in [2.24, 2.45) is 11.3 Å². The van der Waals surface area contributed by atoms with Gasteiger partial charge in [0, 0.05) is 25.8 Å². The molecule has 16 heavy (non-hydrogen) atoms. The molecule has 1 aromatic heterocycles. The third kappa shape index (κ3) is 3.34. The van der Waals surface area contributed by atoms with E-state index in [1.807, 2.05) is 12.5 Å². The van der Waals surface area contributed by atoms with Gasteiger partial charge in [-0.2, -0.15) is 0 Å². The fourth-order valence-corrected chi connectivity index (χ4v) is 1.50. The Morgan fingerprint density at radius 3 is 2.69 bits per heavy atom. The van der Waals surface area contributed by atoms with Crippen molar-refractivity contribution in [3.05, 3.63) is 18.2 Å². The van der Waals surface area contributed by atoms with E-state index in [9.17, 15) is 0 Å². The molecule has 0 amide bonds. The van der Waals surface area contributed by atoms with Crippen molar-refractivity contribution in [3.63, 3.8) is 0 Å². The standard InChI is InChI=1S/C13H25N3/c1-6-16-10-15-8-12(16)7-14-9-13(4,5)11(2)3/h8,10-11,14H,6-7,9H2,1-5H3. The molecule has 1 heterocycles. The van der Waals surface area contributed by atoms with E-state index in [4.69, 9.17) is 0 Å². The van der Waals surface area contributed by atoms with Gasteiger partial charge in [0.15, 0.2) is 0 Å². The van der Waals surface area contributed by atoms with Crippen LogP contribution in [0.2, 0.25) is 0 Å². The molecule has 0 radical (unpaired) electrons. The highest BCUT2D eigenvalue weighted by Gasteiger charge is 2.21. The monoisotopic (exact) mass is 223 g/mol. The number of imidazole rings is 1. The molecule has 1 rings (SSSR count). The van der Waals surface area contributed by atoms with Crippen LogP contribution < -0.4 is 5.32 Å². The first-order chi connectivity index (χ1) is 7.47. The van der Waals surface area contributed by atoms with Crippen LogP contribution in [0.1, 0.15) is 40.3 Å². The lowest BCUT2D eigenvalue weighted by Gasteiger charge is -2.29. The Morgan fingerprint density at radius 1 is 1.44 bits per heavy atom. The van der Waals surface area contributed by atoms with Gasteiger partial charge in [0.25, 0.3) is 0 Å². The lowest BCUT2D eigenvalue weighted by molar-refractivity contribution is 0.237. The summed E-state index contributed by atoms with van der Waals surface area (Å²) in [4.78, 5) is 4.17. The van der Waals surface area contributed by atoms with Gasteiger partial charge in [-0.15, -0.1) is 0 Å². The van der Waals surface area contributed by atoms with Crippen molar-refractivity contribution >= 4 is 0 Å². The summed E-state index contributed by atoms with van der Waals surface area (Å²) in [6, 6.07) is 0. The summed E-state index contributed by atoms with van der Waals surface area (Å²) in [6.45, 7) is 14.2. The van der Waals surface area contributed by atoms with Gasteiger partial charge in [-0.05, 0) is 18.3 Å². The highest BCUT2D eigenvalue weighted by molar-refractivity contribution is 4.97. The third-order valence-electron chi connectivity index (χ3n) is 3.59. The molecular formula is C13H25N3. The van der Waals surface area contributed by atoms with E-state index < -0.39 is 0 Å². The predicted octanol–water partition coefficient (Wildman–Crippen LogP) is 2.67. The molecule has 0 aliphatic rings. The quantitative estimate of drug-likeness (QED) is 0.803. The van der Waals surface area contributed by atoms with Crippen LogP contribution in [-0.4, -0.2) is 16.1 Å². The maximum absolute atomic E-state index is 4.17. The average molecular weight is 223 g/mol. The second kappa shape index (κ2) is 5.48. The van der Waals surface area contributed by atoms with E-state index in [0.717, 1.165) is 19.6 Å². The van der Waals surface area contributed by atoms with Gasteiger partial charge in [-0.3, -0.25) is 0 Å². The van der Waals surface area contributed by atoms with Crippen molar-refractivity contribution in [1.29, 1.82) is 0 Å². The largest absolute Gasteiger partial charge is 0.334 e. The minimum Gasteiger partial charge on any atom is -0.334 e. The molecule has 92 valence electrons. The highest BCUT2D eigenvalue weighted by Crippen LogP contribution is 2.24. The van der Waals surface area contributed by atoms with Crippen molar-refractivity contribution in [1.82, 2.24) is 14.9 Å². The van der Waals surface area contributed by atoms with Crippen LogP contribution in [0, 0.1) is 11.3 Å². The molecule has 0 bridgehead atoms. The summed E-state index contributed by atoms with van der Waals surface area (Å²) in [6.07, 6.45) is 3.84. The van der Waals surface area contributed by atoms with Crippen molar-refractivity contribution < 1.29 is 0 Å². The molecule has 0 unspecified atom stereocenters. The summed E-state index contributed by atoms with van der Waals surface area (Å²) >= 11 is 0. The van der Waals surface area contributed by atoms with Gasteiger partial charge in [0.2, 0.25) is 0 Å². The van der Waals surface area contributed by atoms with Crippen LogP contribution >= 0.6 is 0 Å². The van der Waals surface area contributed by atoms with Crippen LogP contribution in [0.4, 0.5) is 0 Å². The Kier molecular flexibility index (Phi) is 4.54. The summed E-state index contributed by atoms with van der Waals surface area (Å²) in [5.41, 5.74) is 1.61. The Balaban J connectivity index is 2.41. The first kappa shape index (κ1) is 13.2. The fraction of sp³-hybridized carbons (Fsp3) is 0.769. The topological polar surface area (TPSA) is 29.9 Å². The Bertz CT molecular complexity index is 313. The zero-order valence-corrected chi connectivity index (χ0v) is 11.2. The van der Waals surface area contributed by atoms with E-state index in [0.29, 0.717) is 11.3 Å². The van der Waals surface area contributed by atoms with E-state index in [-0.39, 0.29) is 0 Å². The summed E-state index contributed by atoms with van der Waals surface area (Å²) < 4.78 is 2.18. The predicted molar refractivity (Wildman–Crippen MR) is 68.2 cm³/mol. The molecule has 3 heteroatoms. The van der Waals surface area contributed by atoms with Gasteiger partial charge >= 0.3 is 0 Å². The maximum atomic E-state index is 4.17. The summed E-state index contributed by atoms with van der Waals surface area (Å²) in [5.74, 6) is 0.691. The molecule has 0 aromatic carbocycles. The molecule has 1 N–H and O–H groups in total. The molecule has 0 saturated heterocycles. The smallest absolute Gasteiger partial charge is 0.0948 e. The molecule has 0 atom stereocenters. The van der Waals surface area contributed by atoms with Gasteiger partial charge in [-0.1, -0.05) is 27.7 Å². The van der Waals surface area contributed by atoms with Crippen LogP contribution in [0.15, 0.2) is 12.5 Å². The molecule has 0 fully saturated rings. The van der Waals surface area contributed by atoms with E-state index in [2.05, 4.69) is 49.5 Å². The number of nitrogens with zero attached hydrogens (tertiary/aromatic N) is 2. The van der Waals surface area contributed by atoms with E-state index >= 15 is 0 Å². The lowest BCUT2D eigenvalue weighted by atomic mass is 9.81. The fourth-order valence-electron chi connectivity index (χ4n) is 1.50. The van der Waals surface area contributed by atoms with E-state index in [1.165, 1.54) is 5.69 Å². The van der Waals surface area contributed by atoms with Gasteiger partial charge in [0.05, 0.1) is 12.0 Å². The molecule has 0 aliphatic heterocycles. The molecular weight excluding hydrogens is 198 g/mol. The minimum atomic E-state index is 0.344. The normalized spacial score (nSPS) is 12.4. The molecule has 3 nitrogen and oxygen atoms in total. The second-order valence-electron chi connectivity index (χ2n) is 5.42. The number of rotatable bonds is 6. The first-order valence-corrected chi connectivity index (χ1v) is 6.17. The number of aromatic nitrogens is 2. The second-order valence-corrected chi connectivity index (χ2v) is 5.42. The zero-order valence-electron chi connectivity index (χ0n) is 11.2. The zero-order chi connectivity index (χ0) is 12.2. The first-order valence-electron chi connectivity index (χ1n) is 6.17. The SMILES string of the molecule is CCn1cncc1CNCC(C)(C)C(C)C. The number of aryl methyl sites for hydroxylation is 1. The van der Waals surface area contributed by atoms with Gasteiger partial charge < -0.3 is 9.88 Å². The Hall–Kier alpha value is -0.830. The number of nitrogens with one attached hydrogen (secondary N) is 1. The molecule has 0 spiro atoms. The lowest BCUT2D eigenvalue weighted by Crippen LogP contribution is -2.33. The van der Waals surface area contributed by atoms with Crippen molar-refractivity contribution in [2.75, 3.05) is 6.54 Å². The number of hydrogen-bond donors (Lipinski definition) is 1. The summed E-state index contributed by atoms with van der Waals surface area (Å²) in [5, 5.41) is 3.52. The van der Waals surface area contributed by atoms with Gasteiger partial charge in [-0.25, -0.2) is 4.98 Å². The third-order valence-corrected chi connectivity index (χ3v) is 3.59. The highest BCUT2D eigenvalue weighted by atomic mass is 15.1. The van der Waals surface area contributed by atoms with Crippen molar-refractivity contribution in [3.8, 4) is 0 Å². The maximum Gasteiger partial charge on any atom is 0.0948 e. The number of hydrogen-bond acceptors (Lipinski definition) is 2. The molecule has 0 saturated carbocycles. The van der Waals surface area contributed by atoms with Crippen molar-refractivity contribution in [2.45, 2.75) is 47.7 Å². The average Bonchev–Trinajstić information content (AvgIpc) is 2.64. The van der Waals surface area contributed by atoms with Crippen LogP contribution in [-0.2, 0) is 13.1 Å². The van der Waals surface area contributed by atoms with Crippen LogP contribution in [0.3, 0.4) is 0 Å². The molecule has 1 aromatic rings. The van der Waals surface area contributed by atoms with Gasteiger partial charge in [0.1, 0.15) is 0 Å².